The Morgan fingerprint density at radius 1 is 0.636 bits per heavy atom. The van der Waals surface area contributed by atoms with Gasteiger partial charge in [-0.25, -0.2) is 0 Å². The molecular formula is C25H28O8. The van der Waals surface area contributed by atoms with Gasteiger partial charge in [0.25, 0.3) is 0 Å². The minimum Gasteiger partial charge on any atom is -0.460 e. The average Bonchev–Trinajstić information content (AvgIpc) is 2.74. The first-order valence-corrected chi connectivity index (χ1v) is 10.3. The Balaban J connectivity index is 1.78. The van der Waals surface area contributed by atoms with Crippen LogP contribution in [0.15, 0.2) is 48.5 Å². The first kappa shape index (κ1) is 25.9. The van der Waals surface area contributed by atoms with E-state index in [0.29, 0.717) is 22.3 Å². The number of Topliss-reactive ketones (excluding diaryl/α,β-unsaturated/α-hetero) is 2. The van der Waals surface area contributed by atoms with Crippen LogP contribution in [0.4, 0.5) is 0 Å². The Hall–Kier alpha value is -3.36. The van der Waals surface area contributed by atoms with E-state index in [2.05, 4.69) is 0 Å². The minimum atomic E-state index is -1.48. The standard InChI is InChI=1S/C25H28O8/c1-24(2,30)22(28)18-9-5-16(6-10-18)14-32-20(26)13-21(27)33-15-17-7-11-19(12-8-17)23(29)25(3,4)31/h5-12,30-31H,13-15H2,1-4H3. The van der Waals surface area contributed by atoms with E-state index >= 15 is 0 Å². The van der Waals surface area contributed by atoms with Crippen LogP contribution in [-0.2, 0) is 32.3 Å². The summed E-state index contributed by atoms with van der Waals surface area (Å²) in [6.07, 6.45) is -0.565. The summed E-state index contributed by atoms with van der Waals surface area (Å²) in [5.74, 6) is -2.37. The van der Waals surface area contributed by atoms with Crippen molar-refractivity contribution >= 4 is 23.5 Å². The molecule has 0 amide bonds. The SMILES string of the molecule is CC(C)(O)C(=O)c1ccc(COC(=O)CC(=O)OCc2ccc(C(=O)C(C)(C)O)cc2)cc1. The van der Waals surface area contributed by atoms with Crippen LogP contribution in [0.25, 0.3) is 0 Å². The first-order valence-electron chi connectivity index (χ1n) is 10.3. The van der Waals surface area contributed by atoms with Crippen molar-refractivity contribution in [1.82, 2.24) is 0 Å². The lowest BCUT2D eigenvalue weighted by molar-refractivity contribution is -0.156. The van der Waals surface area contributed by atoms with Crippen molar-refractivity contribution in [3.8, 4) is 0 Å². The zero-order chi connectivity index (χ0) is 24.8. The molecule has 0 heterocycles. The van der Waals surface area contributed by atoms with Gasteiger partial charge >= 0.3 is 11.9 Å². The number of carbonyl (C=O) groups is 4. The lowest BCUT2D eigenvalue weighted by atomic mass is 9.96. The Morgan fingerprint density at radius 2 is 0.939 bits per heavy atom. The van der Waals surface area contributed by atoms with Gasteiger partial charge in [0.15, 0.2) is 11.6 Å². The van der Waals surface area contributed by atoms with Crippen molar-refractivity contribution in [2.75, 3.05) is 0 Å². The zero-order valence-electron chi connectivity index (χ0n) is 19.1. The number of aliphatic hydroxyl groups is 2. The fourth-order valence-corrected chi connectivity index (χ4v) is 2.76. The van der Waals surface area contributed by atoms with Gasteiger partial charge in [0.1, 0.15) is 30.8 Å². The number of benzene rings is 2. The summed E-state index contributed by atoms with van der Waals surface area (Å²) in [5.41, 5.74) is -1.07. The second-order valence-electron chi connectivity index (χ2n) is 8.67. The van der Waals surface area contributed by atoms with E-state index in [1.165, 1.54) is 52.0 Å². The summed E-state index contributed by atoms with van der Waals surface area (Å²) >= 11 is 0. The Bertz CT molecular complexity index is 923. The Morgan fingerprint density at radius 3 is 1.21 bits per heavy atom. The molecule has 0 aliphatic carbocycles. The molecule has 8 nitrogen and oxygen atoms in total. The second kappa shape index (κ2) is 10.5. The molecule has 2 N–H and O–H groups in total. The molecule has 0 aliphatic heterocycles. The number of ketones is 2. The lowest BCUT2D eigenvalue weighted by Crippen LogP contribution is -2.31. The third kappa shape index (κ3) is 7.93. The molecule has 2 rings (SSSR count). The van der Waals surface area contributed by atoms with Crippen molar-refractivity contribution in [2.24, 2.45) is 0 Å². The van der Waals surface area contributed by atoms with E-state index in [1.807, 2.05) is 0 Å². The molecule has 0 atom stereocenters. The van der Waals surface area contributed by atoms with E-state index in [0.717, 1.165) is 0 Å². The van der Waals surface area contributed by atoms with Crippen molar-refractivity contribution in [2.45, 2.75) is 58.5 Å². The minimum absolute atomic E-state index is 0.0835. The molecule has 0 saturated heterocycles. The quantitative estimate of drug-likeness (QED) is 0.317. The predicted octanol–water partition coefficient (Wildman–Crippen LogP) is 2.77. The summed E-state index contributed by atoms with van der Waals surface area (Å²) in [4.78, 5) is 47.8. The van der Waals surface area contributed by atoms with Gasteiger partial charge in [-0.15, -0.1) is 0 Å². The number of ether oxygens (including phenoxy) is 2. The Labute approximate surface area is 192 Å². The van der Waals surface area contributed by atoms with Crippen LogP contribution in [0.5, 0.6) is 0 Å². The van der Waals surface area contributed by atoms with E-state index in [4.69, 9.17) is 9.47 Å². The van der Waals surface area contributed by atoms with Crippen molar-refractivity contribution in [3.05, 3.63) is 70.8 Å². The molecule has 0 spiro atoms. The van der Waals surface area contributed by atoms with Crippen molar-refractivity contribution in [3.63, 3.8) is 0 Å². The molecule has 0 radical (unpaired) electrons. The molecular weight excluding hydrogens is 428 g/mol. The summed E-state index contributed by atoms with van der Waals surface area (Å²) in [6.45, 7) is 5.44. The second-order valence-corrected chi connectivity index (χ2v) is 8.67. The molecule has 0 bridgehead atoms. The highest BCUT2D eigenvalue weighted by molar-refractivity contribution is 6.02. The maximum atomic E-state index is 12.0. The number of esters is 2. The fraction of sp³-hybridized carbons (Fsp3) is 0.360. The monoisotopic (exact) mass is 456 g/mol. The summed E-state index contributed by atoms with van der Waals surface area (Å²) < 4.78 is 10.1. The molecule has 0 aromatic heterocycles. The van der Waals surface area contributed by atoms with E-state index < -0.39 is 41.1 Å². The third-order valence-corrected chi connectivity index (χ3v) is 4.63. The van der Waals surface area contributed by atoms with E-state index in [1.54, 1.807) is 24.3 Å². The average molecular weight is 456 g/mol. The van der Waals surface area contributed by atoms with Gasteiger partial charge in [-0.2, -0.15) is 0 Å². The van der Waals surface area contributed by atoms with Gasteiger partial charge in [0, 0.05) is 11.1 Å². The van der Waals surface area contributed by atoms with E-state index in [-0.39, 0.29) is 13.2 Å². The smallest absolute Gasteiger partial charge is 0.317 e. The van der Waals surface area contributed by atoms with Crippen LogP contribution in [-0.4, -0.2) is 44.9 Å². The molecule has 8 heteroatoms. The fourth-order valence-electron chi connectivity index (χ4n) is 2.76. The van der Waals surface area contributed by atoms with Crippen molar-refractivity contribution in [1.29, 1.82) is 0 Å². The number of hydrogen-bond acceptors (Lipinski definition) is 8. The van der Waals surface area contributed by atoms with Gasteiger partial charge < -0.3 is 19.7 Å². The summed E-state index contributed by atoms with van der Waals surface area (Å²) in [6, 6.07) is 12.5. The maximum Gasteiger partial charge on any atom is 0.317 e. The summed E-state index contributed by atoms with van der Waals surface area (Å²) in [7, 11) is 0. The van der Waals surface area contributed by atoms with Crippen LogP contribution in [0.1, 0.15) is 66.0 Å². The van der Waals surface area contributed by atoms with Crippen LogP contribution >= 0.6 is 0 Å². The van der Waals surface area contributed by atoms with Gasteiger partial charge in [0.2, 0.25) is 0 Å². The lowest BCUT2D eigenvalue weighted by Gasteiger charge is -2.15. The Kier molecular flexibility index (Phi) is 8.24. The van der Waals surface area contributed by atoms with Crippen LogP contribution < -0.4 is 0 Å². The molecule has 33 heavy (non-hydrogen) atoms. The van der Waals surface area contributed by atoms with Crippen LogP contribution in [0.3, 0.4) is 0 Å². The zero-order valence-corrected chi connectivity index (χ0v) is 19.1. The van der Waals surface area contributed by atoms with Crippen LogP contribution in [0, 0.1) is 0 Å². The van der Waals surface area contributed by atoms with Gasteiger partial charge in [0.05, 0.1) is 0 Å². The largest absolute Gasteiger partial charge is 0.460 e. The maximum absolute atomic E-state index is 12.0. The van der Waals surface area contributed by atoms with Gasteiger partial charge in [-0.1, -0.05) is 48.5 Å². The number of hydrogen-bond donors (Lipinski definition) is 2. The highest BCUT2D eigenvalue weighted by Gasteiger charge is 2.26. The molecule has 0 saturated carbocycles. The highest BCUT2D eigenvalue weighted by Crippen LogP contribution is 2.15. The summed E-state index contributed by atoms with van der Waals surface area (Å²) in [5, 5.41) is 19.5. The van der Waals surface area contributed by atoms with Gasteiger partial charge in [-0.3, -0.25) is 19.2 Å². The first-order chi connectivity index (χ1) is 15.3. The van der Waals surface area contributed by atoms with E-state index in [9.17, 15) is 29.4 Å². The molecule has 2 aromatic rings. The number of carbonyl (C=O) groups excluding carboxylic acids is 4. The number of rotatable bonds is 10. The molecule has 176 valence electrons. The van der Waals surface area contributed by atoms with Gasteiger partial charge in [-0.05, 0) is 38.8 Å². The highest BCUT2D eigenvalue weighted by atomic mass is 16.6. The topological polar surface area (TPSA) is 127 Å². The van der Waals surface area contributed by atoms with Crippen LogP contribution in [0.2, 0.25) is 0 Å². The normalized spacial score (nSPS) is 11.6. The molecule has 2 aromatic carbocycles. The molecule has 0 aliphatic rings. The molecule has 0 unspecified atom stereocenters. The predicted molar refractivity (Wildman–Crippen MR) is 118 cm³/mol. The third-order valence-electron chi connectivity index (χ3n) is 4.63. The molecule has 0 fully saturated rings. The van der Waals surface area contributed by atoms with Crippen molar-refractivity contribution < 1.29 is 38.9 Å².